The predicted molar refractivity (Wildman–Crippen MR) is 99.0 cm³/mol. The molecule has 8 nitrogen and oxygen atoms in total. The number of hydrogen-bond donors (Lipinski definition) is 2. The van der Waals surface area contributed by atoms with Crippen LogP contribution in [0.1, 0.15) is 21.6 Å². The standard InChI is InChI=1S/C19H16N4O4/c1-27-16-10-12(23(25)26)7-9-15(16)20-19(24)18-14-8-6-11-4-2-3-5-13(11)17(14)21-22-18/h2-5,7,9-10H,6,8H2,1H3,(H,20,24)(H,21,22). The third-order valence-electron chi connectivity index (χ3n) is 4.66. The minimum atomic E-state index is -0.517. The van der Waals surface area contributed by atoms with Gasteiger partial charge < -0.3 is 10.1 Å². The topological polar surface area (TPSA) is 110 Å². The third-order valence-corrected chi connectivity index (χ3v) is 4.66. The van der Waals surface area contributed by atoms with Crippen molar-refractivity contribution in [2.75, 3.05) is 12.4 Å². The van der Waals surface area contributed by atoms with E-state index in [0.29, 0.717) is 17.8 Å². The van der Waals surface area contributed by atoms with Crippen LogP contribution in [-0.2, 0) is 12.8 Å². The molecule has 0 unspecified atom stereocenters. The Kier molecular flexibility index (Phi) is 4.08. The lowest BCUT2D eigenvalue weighted by molar-refractivity contribution is -0.384. The summed E-state index contributed by atoms with van der Waals surface area (Å²) in [7, 11) is 1.39. The largest absolute Gasteiger partial charge is 0.494 e. The number of aromatic amines is 1. The van der Waals surface area contributed by atoms with Gasteiger partial charge in [-0.2, -0.15) is 5.10 Å². The van der Waals surface area contributed by atoms with E-state index in [-0.39, 0.29) is 17.3 Å². The van der Waals surface area contributed by atoms with Gasteiger partial charge in [-0.15, -0.1) is 0 Å². The van der Waals surface area contributed by atoms with Gasteiger partial charge in [0.25, 0.3) is 11.6 Å². The second-order valence-corrected chi connectivity index (χ2v) is 6.18. The Morgan fingerprint density at radius 3 is 2.85 bits per heavy atom. The number of nitro benzene ring substituents is 1. The first-order chi connectivity index (χ1) is 13.1. The first kappa shape index (κ1) is 16.8. The molecule has 1 aliphatic rings. The predicted octanol–water partition coefficient (Wildman–Crippen LogP) is 3.34. The van der Waals surface area contributed by atoms with Crippen LogP contribution >= 0.6 is 0 Å². The Morgan fingerprint density at radius 2 is 2.07 bits per heavy atom. The summed E-state index contributed by atoms with van der Waals surface area (Å²) >= 11 is 0. The van der Waals surface area contributed by atoms with E-state index < -0.39 is 4.92 Å². The molecule has 1 heterocycles. The molecule has 1 aromatic heterocycles. The molecule has 0 saturated carbocycles. The molecule has 0 aliphatic heterocycles. The highest BCUT2D eigenvalue weighted by atomic mass is 16.6. The highest BCUT2D eigenvalue weighted by molar-refractivity contribution is 6.05. The number of carbonyl (C=O) groups excluding carboxylic acids is 1. The second-order valence-electron chi connectivity index (χ2n) is 6.18. The number of nitrogens with one attached hydrogen (secondary N) is 2. The van der Waals surface area contributed by atoms with Crippen LogP contribution in [0.25, 0.3) is 11.3 Å². The van der Waals surface area contributed by atoms with Gasteiger partial charge in [-0.3, -0.25) is 20.0 Å². The van der Waals surface area contributed by atoms with Gasteiger partial charge in [-0.1, -0.05) is 24.3 Å². The first-order valence-electron chi connectivity index (χ1n) is 8.37. The molecular weight excluding hydrogens is 348 g/mol. The molecule has 0 spiro atoms. The van der Waals surface area contributed by atoms with Crippen molar-refractivity contribution in [2.24, 2.45) is 0 Å². The van der Waals surface area contributed by atoms with E-state index in [1.165, 1.54) is 30.9 Å². The number of ether oxygens (including phenoxy) is 1. The van der Waals surface area contributed by atoms with Crippen molar-refractivity contribution >= 4 is 17.3 Å². The number of amides is 1. The fraction of sp³-hybridized carbons (Fsp3) is 0.158. The zero-order valence-electron chi connectivity index (χ0n) is 14.5. The van der Waals surface area contributed by atoms with E-state index in [0.717, 1.165) is 23.2 Å². The summed E-state index contributed by atoms with van der Waals surface area (Å²) in [6, 6.07) is 12.0. The summed E-state index contributed by atoms with van der Waals surface area (Å²) in [6.07, 6.45) is 1.55. The number of methoxy groups -OCH3 is 1. The lowest BCUT2D eigenvalue weighted by Crippen LogP contribution is -2.16. The second kappa shape index (κ2) is 6.56. The van der Waals surface area contributed by atoms with Crippen LogP contribution in [-0.4, -0.2) is 28.1 Å². The maximum absolute atomic E-state index is 12.8. The minimum absolute atomic E-state index is 0.111. The van der Waals surface area contributed by atoms with Gasteiger partial charge in [-0.05, 0) is 24.5 Å². The maximum Gasteiger partial charge on any atom is 0.274 e. The molecule has 1 aliphatic carbocycles. The van der Waals surface area contributed by atoms with Crippen LogP contribution in [0.15, 0.2) is 42.5 Å². The number of aryl methyl sites for hydroxylation is 1. The average molecular weight is 364 g/mol. The van der Waals surface area contributed by atoms with Gasteiger partial charge in [-0.25, -0.2) is 0 Å². The van der Waals surface area contributed by atoms with Crippen molar-refractivity contribution in [3.63, 3.8) is 0 Å². The smallest absolute Gasteiger partial charge is 0.274 e. The Labute approximate surface area is 154 Å². The van der Waals surface area contributed by atoms with E-state index in [2.05, 4.69) is 21.6 Å². The molecule has 4 rings (SSSR count). The fourth-order valence-corrected chi connectivity index (χ4v) is 3.33. The third kappa shape index (κ3) is 2.91. The van der Waals surface area contributed by atoms with Crippen LogP contribution < -0.4 is 10.1 Å². The molecule has 0 bridgehead atoms. The zero-order chi connectivity index (χ0) is 19.0. The van der Waals surface area contributed by atoms with Crippen molar-refractivity contribution in [1.82, 2.24) is 10.2 Å². The summed E-state index contributed by atoms with van der Waals surface area (Å²) in [6.45, 7) is 0. The molecule has 0 atom stereocenters. The average Bonchev–Trinajstić information content (AvgIpc) is 3.12. The number of nitrogens with zero attached hydrogens (tertiary/aromatic N) is 2. The van der Waals surface area contributed by atoms with Crippen LogP contribution in [0.4, 0.5) is 11.4 Å². The summed E-state index contributed by atoms with van der Waals surface area (Å²) < 4.78 is 5.17. The van der Waals surface area contributed by atoms with E-state index in [9.17, 15) is 14.9 Å². The lowest BCUT2D eigenvalue weighted by atomic mass is 9.89. The fourth-order valence-electron chi connectivity index (χ4n) is 3.33. The van der Waals surface area contributed by atoms with Crippen molar-refractivity contribution in [2.45, 2.75) is 12.8 Å². The number of fused-ring (bicyclic) bond motifs is 3. The summed E-state index contributed by atoms with van der Waals surface area (Å²) in [4.78, 5) is 23.2. The van der Waals surface area contributed by atoms with Crippen molar-refractivity contribution in [3.8, 4) is 17.0 Å². The molecule has 8 heteroatoms. The number of nitro groups is 1. The molecule has 136 valence electrons. The minimum Gasteiger partial charge on any atom is -0.494 e. The Hall–Kier alpha value is -3.68. The molecule has 0 fully saturated rings. The van der Waals surface area contributed by atoms with Crippen LogP contribution in [0.2, 0.25) is 0 Å². The number of rotatable bonds is 4. The van der Waals surface area contributed by atoms with E-state index in [4.69, 9.17) is 4.74 Å². The van der Waals surface area contributed by atoms with E-state index in [1.54, 1.807) is 0 Å². The molecule has 3 aromatic rings. The number of hydrogen-bond acceptors (Lipinski definition) is 5. The monoisotopic (exact) mass is 364 g/mol. The van der Waals surface area contributed by atoms with Crippen LogP contribution in [0.5, 0.6) is 5.75 Å². The summed E-state index contributed by atoms with van der Waals surface area (Å²) in [5.74, 6) is -0.147. The lowest BCUT2D eigenvalue weighted by Gasteiger charge is -2.16. The number of carbonyl (C=O) groups is 1. The molecule has 0 radical (unpaired) electrons. The van der Waals surface area contributed by atoms with Crippen LogP contribution in [0.3, 0.4) is 0 Å². The van der Waals surface area contributed by atoms with Gasteiger partial charge >= 0.3 is 0 Å². The molecular formula is C19H16N4O4. The first-order valence-corrected chi connectivity index (χ1v) is 8.37. The van der Waals surface area contributed by atoms with Crippen molar-refractivity contribution in [3.05, 3.63) is 69.4 Å². The molecule has 0 saturated heterocycles. The van der Waals surface area contributed by atoms with Crippen molar-refractivity contribution in [1.29, 1.82) is 0 Å². The van der Waals surface area contributed by atoms with Gasteiger partial charge in [0, 0.05) is 17.2 Å². The maximum atomic E-state index is 12.8. The van der Waals surface area contributed by atoms with Gasteiger partial charge in [0.15, 0.2) is 0 Å². The van der Waals surface area contributed by atoms with Crippen molar-refractivity contribution < 1.29 is 14.5 Å². The highest BCUT2D eigenvalue weighted by Crippen LogP contribution is 2.34. The summed E-state index contributed by atoms with van der Waals surface area (Å²) in [5.41, 5.74) is 4.53. The highest BCUT2D eigenvalue weighted by Gasteiger charge is 2.25. The van der Waals surface area contributed by atoms with Gasteiger partial charge in [0.1, 0.15) is 11.4 Å². The normalized spacial score (nSPS) is 12.0. The van der Waals surface area contributed by atoms with E-state index in [1.807, 2.05) is 18.2 Å². The summed E-state index contributed by atoms with van der Waals surface area (Å²) in [5, 5.41) is 20.8. The number of benzene rings is 2. The Bertz CT molecular complexity index is 1060. The molecule has 2 aromatic carbocycles. The van der Waals surface area contributed by atoms with Gasteiger partial charge in [0.2, 0.25) is 0 Å². The van der Waals surface area contributed by atoms with Gasteiger partial charge in [0.05, 0.1) is 29.5 Å². The zero-order valence-corrected chi connectivity index (χ0v) is 14.5. The Morgan fingerprint density at radius 1 is 1.26 bits per heavy atom. The number of H-pyrrole nitrogens is 1. The quantitative estimate of drug-likeness (QED) is 0.545. The number of aromatic nitrogens is 2. The molecule has 2 N–H and O–H groups in total. The van der Waals surface area contributed by atoms with E-state index >= 15 is 0 Å². The molecule has 1 amide bonds. The number of anilines is 1. The SMILES string of the molecule is COc1cc([N+](=O)[O-])ccc1NC(=O)c1[nH]nc2c1CCc1ccccc1-2. The number of non-ortho nitro benzene ring substituents is 1. The molecule has 27 heavy (non-hydrogen) atoms. The Balaban J connectivity index is 1.65. The van der Waals surface area contributed by atoms with Crippen LogP contribution in [0, 0.1) is 10.1 Å².